The lowest BCUT2D eigenvalue weighted by molar-refractivity contribution is 0.762. The fourth-order valence-corrected chi connectivity index (χ4v) is 13.9. The van der Waals surface area contributed by atoms with Crippen molar-refractivity contribution in [2.45, 2.75) is 22.2 Å². The Morgan fingerprint density at radius 2 is 0.500 bits per heavy atom. The average Bonchev–Trinajstić information content (AvgIpc) is 1.48. The summed E-state index contributed by atoms with van der Waals surface area (Å²) in [6.07, 6.45) is 0. The molecule has 0 amide bonds. The highest BCUT2D eigenvalue weighted by atomic mass is 14.5. The molecule has 0 radical (unpaired) electrons. The van der Waals surface area contributed by atoms with Gasteiger partial charge in [0.15, 0.2) is 0 Å². The van der Waals surface area contributed by atoms with Crippen LogP contribution >= 0.6 is 0 Å². The van der Waals surface area contributed by atoms with Crippen LogP contribution in [0.15, 0.2) is 309 Å². The molecule has 0 nitrogen and oxygen atoms in total. The smallest absolute Gasteiger partial charge is 0.0622 e. The van der Waals surface area contributed by atoms with Gasteiger partial charge in [0.1, 0.15) is 0 Å². The molecular weight excluding hydrogens is 913 g/mol. The summed E-state index contributed by atoms with van der Waals surface area (Å²) in [6.45, 7) is 0. The van der Waals surface area contributed by atoms with Crippen LogP contribution in [0.4, 0.5) is 0 Å². The van der Waals surface area contributed by atoms with Gasteiger partial charge in [-0.3, -0.25) is 0 Å². The lowest BCUT2D eigenvalue weighted by Crippen LogP contribution is -2.29. The van der Waals surface area contributed by atoms with E-state index in [0.29, 0.717) is 22.3 Å². The van der Waals surface area contributed by atoms with Gasteiger partial charge >= 0.3 is 0 Å². The zero-order valence-electron chi connectivity index (χ0n) is 51.2. The normalized spacial score (nSPS) is 16.3. The van der Waals surface area contributed by atoms with Gasteiger partial charge in [-0.15, -0.1) is 0 Å². The predicted molar refractivity (Wildman–Crippen MR) is 312 cm³/mol. The first kappa shape index (κ1) is 34.9. The van der Waals surface area contributed by atoms with E-state index in [9.17, 15) is 5.48 Å². The first-order valence-electron chi connectivity index (χ1n) is 31.0. The molecule has 3 aliphatic rings. The van der Waals surface area contributed by atoms with Gasteiger partial charge in [0, 0.05) is 5.92 Å². The third-order valence-electron chi connectivity index (χ3n) is 16.8. The summed E-state index contributed by atoms with van der Waals surface area (Å²) in [7, 11) is 0. The molecule has 0 saturated heterocycles. The van der Waals surface area contributed by atoms with Crippen molar-refractivity contribution in [3.8, 4) is 33.4 Å². The Hall–Kier alpha value is -9.36. The third kappa shape index (κ3) is 6.13. The Morgan fingerprint density at radius 1 is 0.224 bits per heavy atom. The van der Waals surface area contributed by atoms with Crippen molar-refractivity contribution >= 4 is 0 Å². The molecule has 0 bridgehead atoms. The van der Waals surface area contributed by atoms with E-state index in [-0.39, 0.29) is 11.1 Å². The summed E-state index contributed by atoms with van der Waals surface area (Å²) in [5, 5.41) is 0. The molecule has 0 atom stereocenters. The summed E-state index contributed by atoms with van der Waals surface area (Å²) in [6, 6.07) is 81.3. The maximum atomic E-state index is 9.75. The molecule has 356 valence electrons. The van der Waals surface area contributed by atoms with Crippen molar-refractivity contribution in [1.82, 2.24) is 0 Å². The average molecular weight is 975 g/mol. The molecule has 76 heavy (non-hydrogen) atoms. The molecule has 0 unspecified atom stereocenters. The van der Waals surface area contributed by atoms with E-state index >= 15 is 0 Å². The van der Waals surface area contributed by atoms with E-state index in [2.05, 4.69) is 200 Å². The number of hydrogen-bond donors (Lipinski definition) is 0. The molecule has 0 saturated carbocycles. The topological polar surface area (TPSA) is 0 Å². The van der Waals surface area contributed by atoms with E-state index in [0.717, 1.165) is 38.9 Å². The molecule has 0 fully saturated rings. The van der Waals surface area contributed by atoms with Crippen LogP contribution in [0.3, 0.4) is 0 Å². The monoisotopic (exact) mass is 974 g/mol. The summed E-state index contributed by atoms with van der Waals surface area (Å²) >= 11 is 0. The number of rotatable bonds is 9. The number of benzene rings is 12. The van der Waals surface area contributed by atoms with Crippen LogP contribution in [-0.4, -0.2) is 0 Å². The zero-order chi connectivity index (χ0) is 59.0. The second-order valence-electron chi connectivity index (χ2n) is 20.2. The van der Waals surface area contributed by atoms with E-state index in [1.165, 1.54) is 44.5 Å². The standard InChI is InChI=1S/C76H52/c1-5-23-55(24-6-1)74(67-36-18-13-31-61(67)62-32-14-19-37-68(62)74)59-46-41-52(42-47-59)73(53-43-48-60(49-44-53)75(56-25-7-2-8-26-56)69-38-20-15-33-63(69)64-34-16-21-39-70(64)75)54-45-50-66-65-35-17-22-40-71(65)76(72(66)51-54,57-27-9-3-10-28-57)58-29-11-4-12-30-58/h1-51,73H/i3D,4D,9D,10D,11D,12D,27D,28D,29D,30D. The van der Waals surface area contributed by atoms with Gasteiger partial charge in [-0.05, 0) is 117 Å². The molecule has 0 heteroatoms. The van der Waals surface area contributed by atoms with Gasteiger partial charge in [0.2, 0.25) is 0 Å². The maximum absolute atomic E-state index is 9.75. The fourth-order valence-electron chi connectivity index (χ4n) is 13.9. The van der Waals surface area contributed by atoms with Crippen molar-refractivity contribution in [2.24, 2.45) is 0 Å². The zero-order valence-corrected chi connectivity index (χ0v) is 41.2. The first-order chi connectivity index (χ1) is 41.9. The predicted octanol–water partition coefficient (Wildman–Crippen LogP) is 18.0. The van der Waals surface area contributed by atoms with E-state index in [1.54, 1.807) is 12.1 Å². The van der Waals surface area contributed by atoms with Crippen LogP contribution in [0.2, 0.25) is 0 Å². The molecule has 12 aromatic carbocycles. The molecule has 15 rings (SSSR count). The molecule has 0 aliphatic heterocycles. The van der Waals surface area contributed by atoms with E-state index in [1.807, 2.05) is 36.4 Å². The Bertz CT molecular complexity index is 4360. The van der Waals surface area contributed by atoms with Crippen molar-refractivity contribution in [3.05, 3.63) is 393 Å². The maximum Gasteiger partial charge on any atom is 0.0713 e. The summed E-state index contributed by atoms with van der Waals surface area (Å²) < 4.78 is 93.1. The summed E-state index contributed by atoms with van der Waals surface area (Å²) in [5.41, 5.74) is 14.9. The van der Waals surface area contributed by atoms with Crippen molar-refractivity contribution in [1.29, 1.82) is 0 Å². The van der Waals surface area contributed by atoms with Crippen LogP contribution in [0.1, 0.15) is 103 Å². The second kappa shape index (κ2) is 17.4. The van der Waals surface area contributed by atoms with Gasteiger partial charge in [-0.2, -0.15) is 0 Å². The van der Waals surface area contributed by atoms with Crippen molar-refractivity contribution < 1.29 is 13.7 Å². The third-order valence-corrected chi connectivity index (χ3v) is 16.8. The quantitative estimate of drug-likeness (QED) is 0.126. The molecule has 12 aromatic rings. The number of fused-ring (bicyclic) bond motifs is 9. The molecular formula is C76H52. The van der Waals surface area contributed by atoms with E-state index in [4.69, 9.17) is 8.22 Å². The van der Waals surface area contributed by atoms with Crippen LogP contribution < -0.4 is 0 Å². The van der Waals surface area contributed by atoms with Crippen molar-refractivity contribution in [3.63, 3.8) is 0 Å². The minimum absolute atomic E-state index is 0.206. The molecule has 0 spiro atoms. The molecule has 0 N–H and O–H groups in total. The Labute approximate surface area is 460 Å². The highest BCUT2D eigenvalue weighted by Gasteiger charge is 2.49. The van der Waals surface area contributed by atoms with Gasteiger partial charge in [0.05, 0.1) is 30.0 Å². The lowest BCUT2D eigenvalue weighted by Gasteiger charge is -2.35. The van der Waals surface area contributed by atoms with Crippen LogP contribution in [0.25, 0.3) is 33.4 Å². The van der Waals surface area contributed by atoms with Crippen LogP contribution in [-0.2, 0) is 16.2 Å². The molecule has 0 heterocycles. The Morgan fingerprint density at radius 3 is 0.855 bits per heavy atom. The molecule has 0 aromatic heterocycles. The fraction of sp³-hybridized carbons (Fsp3) is 0.0526. The van der Waals surface area contributed by atoms with Gasteiger partial charge in [-0.1, -0.05) is 309 Å². The van der Waals surface area contributed by atoms with Crippen LogP contribution in [0.5, 0.6) is 0 Å². The van der Waals surface area contributed by atoms with Gasteiger partial charge in [-0.25, -0.2) is 0 Å². The van der Waals surface area contributed by atoms with E-state index < -0.39 is 82.6 Å². The summed E-state index contributed by atoms with van der Waals surface area (Å²) in [4.78, 5) is 0. The summed E-state index contributed by atoms with van der Waals surface area (Å²) in [5.74, 6) is -0.531. The Kier molecular flexibility index (Phi) is 7.99. The lowest BCUT2D eigenvalue weighted by atomic mass is 9.66. The molecule has 3 aliphatic carbocycles. The minimum atomic E-state index is -2.02. The highest BCUT2D eigenvalue weighted by Crippen LogP contribution is 2.60. The van der Waals surface area contributed by atoms with Crippen LogP contribution in [0, 0.1) is 0 Å². The Balaban J connectivity index is 1.01. The second-order valence-corrected chi connectivity index (χ2v) is 20.2. The number of hydrogen-bond acceptors (Lipinski definition) is 0. The van der Waals surface area contributed by atoms with Crippen molar-refractivity contribution in [2.75, 3.05) is 0 Å². The minimum Gasteiger partial charge on any atom is -0.0622 e. The largest absolute Gasteiger partial charge is 0.0713 e. The van der Waals surface area contributed by atoms with Gasteiger partial charge in [0.25, 0.3) is 0 Å². The highest BCUT2D eigenvalue weighted by molar-refractivity contribution is 5.89. The SMILES string of the molecule is [2H]c1c([2H])c([2H])c(C2(c3c([2H])c([2H])c([2H])c([2H])c3[2H])c3ccccc3-c3ccc(C(c4ccc(C5(c6ccccc6)c6ccccc6-c6ccccc65)cc4)c4ccc(C5(c6ccccc6)c6ccccc6-c6ccccc65)cc4)cc32)c([2H])c1[2H]. The van der Waals surface area contributed by atoms with Gasteiger partial charge < -0.3 is 0 Å². The first-order valence-corrected chi connectivity index (χ1v) is 26.0.